The van der Waals surface area contributed by atoms with Crippen molar-refractivity contribution in [2.24, 2.45) is 0 Å². The fourth-order valence-electron chi connectivity index (χ4n) is 1.87. The van der Waals surface area contributed by atoms with Gasteiger partial charge in [0.2, 0.25) is 0 Å². The molecule has 6 heteroatoms. The number of ether oxygens (including phenoxy) is 2. The summed E-state index contributed by atoms with van der Waals surface area (Å²) in [5.74, 6) is 0.998. The highest BCUT2D eigenvalue weighted by molar-refractivity contribution is 9.10. The van der Waals surface area contributed by atoms with Crippen molar-refractivity contribution < 1.29 is 13.9 Å². The van der Waals surface area contributed by atoms with E-state index in [4.69, 9.17) is 21.1 Å². The fraction of sp³-hybridized carbons (Fsp3) is 0.200. The Balaban J connectivity index is 2.20. The van der Waals surface area contributed by atoms with Gasteiger partial charge in [0, 0.05) is 23.2 Å². The molecule has 0 aliphatic heterocycles. The van der Waals surface area contributed by atoms with Crippen LogP contribution in [0.4, 0.5) is 10.1 Å². The maximum Gasteiger partial charge on any atom is 0.140 e. The number of hydrogen-bond donors (Lipinski definition) is 1. The van der Waals surface area contributed by atoms with Gasteiger partial charge in [-0.25, -0.2) is 4.39 Å². The highest BCUT2D eigenvalue weighted by Crippen LogP contribution is 2.31. The summed E-state index contributed by atoms with van der Waals surface area (Å²) in [7, 11) is 3.19. The molecule has 0 atom stereocenters. The first kappa shape index (κ1) is 15.9. The van der Waals surface area contributed by atoms with Crippen molar-refractivity contribution in [2.45, 2.75) is 6.54 Å². The Hall–Kier alpha value is -1.46. The minimum Gasteiger partial charge on any atom is -0.497 e. The van der Waals surface area contributed by atoms with Crippen LogP contribution in [0, 0.1) is 5.82 Å². The van der Waals surface area contributed by atoms with Crippen molar-refractivity contribution in [1.29, 1.82) is 0 Å². The van der Waals surface area contributed by atoms with Gasteiger partial charge in [-0.3, -0.25) is 0 Å². The van der Waals surface area contributed by atoms with Crippen LogP contribution in [0.3, 0.4) is 0 Å². The van der Waals surface area contributed by atoms with Crippen LogP contribution in [-0.4, -0.2) is 14.2 Å². The molecule has 0 amide bonds. The molecule has 21 heavy (non-hydrogen) atoms. The van der Waals surface area contributed by atoms with Gasteiger partial charge in [0.1, 0.15) is 17.3 Å². The molecule has 0 heterocycles. The molecule has 0 fully saturated rings. The average molecular weight is 375 g/mol. The van der Waals surface area contributed by atoms with Gasteiger partial charge in [-0.1, -0.05) is 11.6 Å². The van der Waals surface area contributed by atoms with Gasteiger partial charge in [-0.15, -0.1) is 0 Å². The summed E-state index contributed by atoms with van der Waals surface area (Å²) in [6.45, 7) is 0.464. The second kappa shape index (κ2) is 7.00. The van der Waals surface area contributed by atoms with Crippen LogP contribution in [0.1, 0.15) is 5.56 Å². The van der Waals surface area contributed by atoms with Gasteiger partial charge >= 0.3 is 0 Å². The van der Waals surface area contributed by atoms with Gasteiger partial charge in [0.25, 0.3) is 0 Å². The second-order valence-electron chi connectivity index (χ2n) is 4.28. The van der Waals surface area contributed by atoms with Crippen LogP contribution >= 0.6 is 27.5 Å². The number of methoxy groups -OCH3 is 2. The molecule has 2 aromatic rings. The van der Waals surface area contributed by atoms with Gasteiger partial charge in [-0.2, -0.15) is 0 Å². The van der Waals surface area contributed by atoms with E-state index in [9.17, 15) is 4.39 Å². The minimum absolute atomic E-state index is 0.333. The zero-order chi connectivity index (χ0) is 15.4. The number of halogens is 3. The van der Waals surface area contributed by atoms with Crippen LogP contribution in [0.5, 0.6) is 11.5 Å². The van der Waals surface area contributed by atoms with Gasteiger partial charge in [0.15, 0.2) is 0 Å². The lowest BCUT2D eigenvalue weighted by Crippen LogP contribution is -2.03. The van der Waals surface area contributed by atoms with E-state index in [1.165, 1.54) is 6.07 Å². The number of anilines is 1. The van der Waals surface area contributed by atoms with Crippen molar-refractivity contribution in [1.82, 2.24) is 0 Å². The third kappa shape index (κ3) is 3.80. The first-order chi connectivity index (χ1) is 10.0. The van der Waals surface area contributed by atoms with Crippen LogP contribution in [0.15, 0.2) is 34.8 Å². The molecule has 112 valence electrons. The SMILES string of the molecule is COc1ccc(CNc2cc(Cl)cc(F)c2Br)c(OC)c1. The van der Waals surface area contributed by atoms with Gasteiger partial charge < -0.3 is 14.8 Å². The van der Waals surface area contributed by atoms with E-state index in [0.717, 1.165) is 5.56 Å². The molecule has 0 saturated heterocycles. The monoisotopic (exact) mass is 373 g/mol. The minimum atomic E-state index is -0.410. The molecule has 0 aliphatic rings. The van der Waals surface area contributed by atoms with E-state index < -0.39 is 5.82 Å². The van der Waals surface area contributed by atoms with Gasteiger partial charge in [-0.05, 0) is 40.2 Å². The summed E-state index contributed by atoms with van der Waals surface area (Å²) in [6.07, 6.45) is 0. The van der Waals surface area contributed by atoms with E-state index >= 15 is 0 Å². The maximum absolute atomic E-state index is 13.6. The Labute approximate surface area is 136 Å². The standard InChI is InChI=1S/C15H14BrClFNO2/c1-20-11-4-3-9(14(7-11)21-2)8-19-13-6-10(17)5-12(18)15(13)16/h3-7,19H,8H2,1-2H3. The largest absolute Gasteiger partial charge is 0.497 e. The Morgan fingerprint density at radius 1 is 1.19 bits per heavy atom. The summed E-state index contributed by atoms with van der Waals surface area (Å²) in [5.41, 5.74) is 1.50. The van der Waals surface area contributed by atoms with E-state index in [1.54, 1.807) is 26.4 Å². The highest BCUT2D eigenvalue weighted by atomic mass is 79.9. The molecule has 0 aliphatic carbocycles. The smallest absolute Gasteiger partial charge is 0.140 e. The normalized spacial score (nSPS) is 10.3. The number of hydrogen-bond acceptors (Lipinski definition) is 3. The zero-order valence-corrected chi connectivity index (χ0v) is 13.9. The van der Waals surface area contributed by atoms with E-state index in [1.807, 2.05) is 12.1 Å². The number of nitrogens with one attached hydrogen (secondary N) is 1. The topological polar surface area (TPSA) is 30.5 Å². The molecular formula is C15H14BrClFNO2. The fourth-order valence-corrected chi connectivity index (χ4v) is 2.45. The quantitative estimate of drug-likeness (QED) is 0.757. The van der Waals surface area contributed by atoms with Crippen molar-refractivity contribution in [3.63, 3.8) is 0 Å². The molecule has 0 aromatic heterocycles. The third-order valence-corrected chi connectivity index (χ3v) is 3.98. The van der Waals surface area contributed by atoms with Gasteiger partial charge in [0.05, 0.1) is 24.4 Å². The molecule has 2 rings (SSSR count). The lowest BCUT2D eigenvalue weighted by atomic mass is 10.2. The van der Waals surface area contributed by atoms with E-state index in [-0.39, 0.29) is 0 Å². The lowest BCUT2D eigenvalue weighted by molar-refractivity contribution is 0.391. The molecule has 3 nitrogen and oxygen atoms in total. The van der Waals surface area contributed by atoms with Crippen LogP contribution in [-0.2, 0) is 6.54 Å². The maximum atomic E-state index is 13.6. The van der Waals surface area contributed by atoms with Crippen LogP contribution < -0.4 is 14.8 Å². The summed E-state index contributed by atoms with van der Waals surface area (Å²) >= 11 is 9.06. The first-order valence-corrected chi connectivity index (χ1v) is 7.31. The van der Waals surface area contributed by atoms with Crippen molar-refractivity contribution in [3.8, 4) is 11.5 Å². The summed E-state index contributed by atoms with van der Waals surface area (Å²) < 4.78 is 24.4. The van der Waals surface area contributed by atoms with Crippen molar-refractivity contribution >= 4 is 33.2 Å². The average Bonchev–Trinajstić information content (AvgIpc) is 2.49. The molecule has 0 spiro atoms. The number of rotatable bonds is 5. The van der Waals surface area contributed by atoms with E-state index in [2.05, 4.69) is 21.2 Å². The Kier molecular flexibility index (Phi) is 5.31. The van der Waals surface area contributed by atoms with Crippen LogP contribution in [0.25, 0.3) is 0 Å². The first-order valence-electron chi connectivity index (χ1n) is 6.14. The van der Waals surface area contributed by atoms with E-state index in [0.29, 0.717) is 33.2 Å². The number of benzene rings is 2. The molecule has 0 unspecified atom stereocenters. The lowest BCUT2D eigenvalue weighted by Gasteiger charge is -2.13. The predicted octanol–water partition coefficient (Wildman–Crippen LogP) is 4.87. The highest BCUT2D eigenvalue weighted by Gasteiger charge is 2.10. The Morgan fingerprint density at radius 3 is 2.62 bits per heavy atom. The summed E-state index contributed by atoms with van der Waals surface area (Å²) in [4.78, 5) is 0. The predicted molar refractivity (Wildman–Crippen MR) is 86.0 cm³/mol. The summed E-state index contributed by atoms with van der Waals surface area (Å²) in [5, 5.41) is 3.46. The van der Waals surface area contributed by atoms with Crippen molar-refractivity contribution in [2.75, 3.05) is 19.5 Å². The summed E-state index contributed by atoms with van der Waals surface area (Å²) in [6, 6.07) is 8.44. The molecular weight excluding hydrogens is 361 g/mol. The van der Waals surface area contributed by atoms with Crippen molar-refractivity contribution in [3.05, 3.63) is 51.2 Å². The Bertz CT molecular complexity index is 652. The molecule has 0 radical (unpaired) electrons. The molecule has 0 bridgehead atoms. The molecule has 1 N–H and O–H groups in total. The van der Waals surface area contributed by atoms with Crippen LogP contribution in [0.2, 0.25) is 5.02 Å². The zero-order valence-electron chi connectivity index (χ0n) is 11.5. The molecule has 0 saturated carbocycles. The Morgan fingerprint density at radius 2 is 1.95 bits per heavy atom. The second-order valence-corrected chi connectivity index (χ2v) is 5.51. The molecule has 2 aromatic carbocycles. The third-order valence-electron chi connectivity index (χ3n) is 2.96.